The fourth-order valence-electron chi connectivity index (χ4n) is 1.44. The molecule has 1 heteroatoms. The van der Waals surface area contributed by atoms with Crippen LogP contribution in [0.15, 0.2) is 60.8 Å². The zero-order chi connectivity index (χ0) is 14.0. The van der Waals surface area contributed by atoms with Gasteiger partial charge in [0.15, 0.2) is 0 Å². The van der Waals surface area contributed by atoms with Gasteiger partial charge in [0.1, 0.15) is 0 Å². The van der Waals surface area contributed by atoms with E-state index < -0.39 is 0 Å². The lowest BCUT2D eigenvalue weighted by molar-refractivity contribution is 1.19. The van der Waals surface area contributed by atoms with Crippen molar-refractivity contribution in [3.8, 4) is 0 Å². The van der Waals surface area contributed by atoms with Crippen LogP contribution in [0.4, 0.5) is 0 Å². The molecule has 106 valence electrons. The van der Waals surface area contributed by atoms with E-state index in [9.17, 15) is 0 Å². The van der Waals surface area contributed by atoms with Crippen LogP contribution >= 0.6 is 12.6 Å². The maximum Gasteiger partial charge on any atom is -0.00633 e. The second-order valence-electron chi connectivity index (χ2n) is 4.22. The van der Waals surface area contributed by atoms with Crippen molar-refractivity contribution in [1.29, 1.82) is 0 Å². The summed E-state index contributed by atoms with van der Waals surface area (Å²) in [6.45, 7) is 2.16. The summed E-state index contributed by atoms with van der Waals surface area (Å²) in [7, 11) is 0. The lowest BCUT2D eigenvalue weighted by Gasteiger charge is -1.85. The zero-order valence-electron chi connectivity index (χ0n) is 12.2. The van der Waals surface area contributed by atoms with Crippen LogP contribution in [0.2, 0.25) is 0 Å². The normalized spacial score (nSPS) is 13.2. The van der Waals surface area contributed by atoms with Gasteiger partial charge in [0.05, 0.1) is 0 Å². The molecule has 0 aromatic rings. The summed E-state index contributed by atoms with van der Waals surface area (Å²) in [5.74, 6) is 0.935. The van der Waals surface area contributed by atoms with Crippen molar-refractivity contribution < 1.29 is 0 Å². The Morgan fingerprint density at radius 2 is 0.947 bits per heavy atom. The molecule has 0 atom stereocenters. The summed E-state index contributed by atoms with van der Waals surface area (Å²) in [6, 6.07) is 0. The molecule has 0 saturated heterocycles. The van der Waals surface area contributed by atoms with Crippen molar-refractivity contribution in [1.82, 2.24) is 0 Å². The molecule has 0 radical (unpaired) electrons. The Bertz CT molecular complexity index is 306. The number of hydrogen-bond acceptors (Lipinski definition) is 1. The summed E-state index contributed by atoms with van der Waals surface area (Å²) in [4.78, 5) is 0. The third kappa shape index (κ3) is 17.1. The minimum Gasteiger partial charge on any atom is -0.179 e. The molecule has 0 aliphatic rings. The molecular weight excluding hydrogens is 248 g/mol. The number of thiol groups is 1. The largest absolute Gasteiger partial charge is 0.179 e. The maximum atomic E-state index is 4.16. The zero-order valence-corrected chi connectivity index (χ0v) is 13.1. The highest BCUT2D eigenvalue weighted by Gasteiger charge is 1.75. The second kappa shape index (κ2) is 17.1. The van der Waals surface area contributed by atoms with Crippen molar-refractivity contribution in [2.24, 2.45) is 0 Å². The van der Waals surface area contributed by atoms with E-state index in [1.165, 1.54) is 0 Å². The highest BCUT2D eigenvalue weighted by Crippen LogP contribution is 1.96. The van der Waals surface area contributed by atoms with Crippen LogP contribution in [0.5, 0.6) is 0 Å². The Labute approximate surface area is 125 Å². The fraction of sp³-hybridized carbons (Fsp3) is 0.444. The summed E-state index contributed by atoms with van der Waals surface area (Å²) in [5, 5.41) is 0. The first kappa shape index (κ1) is 18.0. The number of rotatable bonds is 11. The predicted octanol–water partition coefficient (Wildman–Crippen LogP) is 6.06. The molecule has 0 rings (SSSR count). The Morgan fingerprint density at radius 1 is 0.579 bits per heavy atom. The van der Waals surface area contributed by atoms with Gasteiger partial charge in [-0.25, -0.2) is 0 Å². The third-order valence-corrected chi connectivity index (χ3v) is 2.71. The van der Waals surface area contributed by atoms with Gasteiger partial charge in [-0.2, -0.15) is 12.6 Å². The van der Waals surface area contributed by atoms with Gasteiger partial charge in [-0.3, -0.25) is 0 Å². The molecule has 19 heavy (non-hydrogen) atoms. The van der Waals surface area contributed by atoms with Crippen LogP contribution in [-0.4, -0.2) is 5.75 Å². The average Bonchev–Trinajstić information content (AvgIpc) is 2.43. The monoisotopic (exact) mass is 276 g/mol. The standard InChI is InChI=1S/C18H28S/c1-2-3-4-5-6-7-8-9-10-11-12-13-14-15-16-17-18-19/h3-4,6-7,9-10,12-13,15-16,19H,2,5,8,11,14,17-18H2,1H3/b4-3-,7-6-,10-9-,13-12-,16-15-. The Balaban J connectivity index is 3.43. The quantitative estimate of drug-likeness (QED) is 0.344. The molecule has 0 heterocycles. The van der Waals surface area contributed by atoms with E-state index in [4.69, 9.17) is 0 Å². The molecule has 0 saturated carbocycles. The first-order valence-electron chi connectivity index (χ1n) is 7.27. The molecule has 0 aromatic heterocycles. The number of hydrogen-bond donors (Lipinski definition) is 1. The molecule has 0 aliphatic heterocycles. The SMILES string of the molecule is CC/C=C\C/C=C\C/C=C\C/C=C\C/C=C\CCS. The lowest BCUT2D eigenvalue weighted by atomic mass is 10.2. The molecule has 0 bridgehead atoms. The summed E-state index contributed by atoms with van der Waals surface area (Å²) in [6.07, 6.45) is 28.5. The van der Waals surface area contributed by atoms with E-state index >= 15 is 0 Å². The molecule has 0 fully saturated rings. The van der Waals surface area contributed by atoms with Crippen LogP contribution in [0.1, 0.15) is 45.4 Å². The molecule has 0 amide bonds. The van der Waals surface area contributed by atoms with E-state index in [-0.39, 0.29) is 0 Å². The number of allylic oxidation sites excluding steroid dienone is 10. The van der Waals surface area contributed by atoms with E-state index in [1.54, 1.807) is 0 Å². The maximum absolute atomic E-state index is 4.16. The van der Waals surface area contributed by atoms with Crippen LogP contribution in [-0.2, 0) is 0 Å². The van der Waals surface area contributed by atoms with Gasteiger partial charge in [0, 0.05) is 0 Å². The van der Waals surface area contributed by atoms with Gasteiger partial charge in [0.2, 0.25) is 0 Å². The molecule has 0 aromatic carbocycles. The van der Waals surface area contributed by atoms with Gasteiger partial charge >= 0.3 is 0 Å². The minimum absolute atomic E-state index is 0.935. The Kier molecular flexibility index (Phi) is 16.2. The fourth-order valence-corrected chi connectivity index (χ4v) is 1.59. The molecule has 0 unspecified atom stereocenters. The van der Waals surface area contributed by atoms with Crippen molar-refractivity contribution >= 4 is 12.6 Å². The van der Waals surface area contributed by atoms with Gasteiger partial charge in [-0.1, -0.05) is 67.7 Å². The molecular formula is C18H28S. The first-order chi connectivity index (χ1) is 9.41. The van der Waals surface area contributed by atoms with Gasteiger partial charge in [-0.05, 0) is 44.3 Å². The topological polar surface area (TPSA) is 0 Å². The van der Waals surface area contributed by atoms with Crippen LogP contribution < -0.4 is 0 Å². The highest BCUT2D eigenvalue weighted by molar-refractivity contribution is 7.80. The molecule has 0 spiro atoms. The van der Waals surface area contributed by atoms with E-state index in [0.717, 1.165) is 44.3 Å². The first-order valence-corrected chi connectivity index (χ1v) is 7.90. The highest BCUT2D eigenvalue weighted by atomic mass is 32.1. The average molecular weight is 276 g/mol. The summed E-state index contributed by atoms with van der Waals surface area (Å²) < 4.78 is 0. The molecule has 0 aliphatic carbocycles. The van der Waals surface area contributed by atoms with Gasteiger partial charge in [0.25, 0.3) is 0 Å². The van der Waals surface area contributed by atoms with Crippen molar-refractivity contribution in [3.05, 3.63) is 60.8 Å². The molecule has 0 nitrogen and oxygen atoms in total. The minimum atomic E-state index is 0.935. The van der Waals surface area contributed by atoms with Crippen molar-refractivity contribution in [3.63, 3.8) is 0 Å². The summed E-state index contributed by atoms with van der Waals surface area (Å²) >= 11 is 4.16. The van der Waals surface area contributed by atoms with Gasteiger partial charge < -0.3 is 0 Å². The van der Waals surface area contributed by atoms with Crippen LogP contribution in [0.3, 0.4) is 0 Å². The lowest BCUT2D eigenvalue weighted by Crippen LogP contribution is -1.66. The van der Waals surface area contributed by atoms with Crippen LogP contribution in [0.25, 0.3) is 0 Å². The van der Waals surface area contributed by atoms with Crippen molar-refractivity contribution in [2.45, 2.75) is 45.4 Å². The predicted molar refractivity (Wildman–Crippen MR) is 92.9 cm³/mol. The molecule has 0 N–H and O–H groups in total. The van der Waals surface area contributed by atoms with Gasteiger partial charge in [-0.15, -0.1) is 0 Å². The third-order valence-electron chi connectivity index (χ3n) is 2.45. The smallest absolute Gasteiger partial charge is 0.00633 e. The van der Waals surface area contributed by atoms with E-state index in [0.29, 0.717) is 0 Å². The summed E-state index contributed by atoms with van der Waals surface area (Å²) in [5.41, 5.74) is 0. The second-order valence-corrected chi connectivity index (χ2v) is 4.67. The van der Waals surface area contributed by atoms with E-state index in [2.05, 4.69) is 80.3 Å². The Morgan fingerprint density at radius 3 is 1.32 bits per heavy atom. The van der Waals surface area contributed by atoms with E-state index in [1.807, 2.05) is 0 Å². The van der Waals surface area contributed by atoms with Crippen LogP contribution in [0, 0.1) is 0 Å². The Hall–Kier alpha value is -0.950. The van der Waals surface area contributed by atoms with Crippen molar-refractivity contribution in [2.75, 3.05) is 5.75 Å².